The zero-order valence-corrected chi connectivity index (χ0v) is 11.5. The predicted molar refractivity (Wildman–Crippen MR) is 68.7 cm³/mol. The van der Waals surface area contributed by atoms with E-state index in [4.69, 9.17) is 0 Å². The van der Waals surface area contributed by atoms with Gasteiger partial charge in [-0.2, -0.15) is 0 Å². The Bertz CT molecular complexity index is 659. The first-order valence-electron chi connectivity index (χ1n) is 5.60. The molecule has 0 radical (unpaired) electrons. The van der Waals surface area contributed by atoms with E-state index < -0.39 is 5.41 Å². The van der Waals surface area contributed by atoms with Gasteiger partial charge in [0.25, 0.3) is 0 Å². The molecule has 0 aliphatic heterocycles. The number of hydrogen-bond acceptors (Lipinski definition) is 3. The van der Waals surface area contributed by atoms with E-state index in [2.05, 4.69) is 16.7 Å². The van der Waals surface area contributed by atoms with Crippen LogP contribution < -0.4 is 29.8 Å². The maximum absolute atomic E-state index is 12.1. The monoisotopic (exact) mass is 251 g/mol. The van der Waals surface area contributed by atoms with Gasteiger partial charge in [0.1, 0.15) is 0 Å². The summed E-state index contributed by atoms with van der Waals surface area (Å²) >= 11 is 0. The van der Waals surface area contributed by atoms with Crippen molar-refractivity contribution in [1.82, 2.24) is 9.66 Å². The summed E-state index contributed by atoms with van der Waals surface area (Å²) in [5, 5.41) is 0.449. The van der Waals surface area contributed by atoms with Gasteiger partial charge in [0, 0.05) is 11.7 Å². The van der Waals surface area contributed by atoms with Crippen LogP contribution in [0.25, 0.3) is 10.9 Å². The molecular formula is C13H14LiN3O2. The standard InChI is InChI=1S/C13H14N3O2.Li/c1-13(2,3)12(18)15-16-8-14-10-7-5-4-6-9(10)11(16)17;/h4-7H,1-3H3,(H,15,18);/q-1;+1. The molecule has 94 valence electrons. The van der Waals surface area contributed by atoms with Crippen LogP contribution in [0.1, 0.15) is 20.8 Å². The summed E-state index contributed by atoms with van der Waals surface area (Å²) in [6.07, 6.45) is 2.50. The van der Waals surface area contributed by atoms with Crippen LogP contribution >= 0.6 is 0 Å². The molecule has 0 saturated heterocycles. The summed E-state index contributed by atoms with van der Waals surface area (Å²) in [5.74, 6) is -0.266. The number of rotatable bonds is 1. The number of benzene rings is 1. The fraction of sp³-hybridized carbons (Fsp3) is 0.308. The van der Waals surface area contributed by atoms with Crippen molar-refractivity contribution in [2.45, 2.75) is 20.8 Å². The van der Waals surface area contributed by atoms with Crippen LogP contribution in [-0.4, -0.2) is 15.6 Å². The van der Waals surface area contributed by atoms with Crippen molar-refractivity contribution in [3.8, 4) is 0 Å². The Kier molecular flexibility index (Phi) is 4.56. The van der Waals surface area contributed by atoms with Crippen molar-refractivity contribution in [2.75, 3.05) is 5.43 Å². The van der Waals surface area contributed by atoms with E-state index in [-0.39, 0.29) is 30.3 Å². The number of aromatic nitrogens is 2. The minimum Gasteiger partial charge on any atom is -0.366 e. The van der Waals surface area contributed by atoms with Gasteiger partial charge in [-0.15, -0.1) is 0 Å². The second kappa shape index (κ2) is 5.60. The Hall–Kier alpha value is -1.57. The fourth-order valence-corrected chi connectivity index (χ4v) is 1.37. The summed E-state index contributed by atoms with van der Waals surface area (Å²) in [5.41, 5.74) is 2.13. The van der Waals surface area contributed by atoms with Crippen LogP contribution in [-0.2, 0) is 4.79 Å². The van der Waals surface area contributed by atoms with Gasteiger partial charge < -0.3 is 14.5 Å². The summed E-state index contributed by atoms with van der Waals surface area (Å²) in [6, 6.07) is 6.93. The molecule has 0 atom stereocenters. The van der Waals surface area contributed by atoms with E-state index in [1.165, 1.54) is 0 Å². The number of nitrogens with zero attached hydrogens (tertiary/aromatic N) is 2. The molecule has 1 N–H and O–H groups in total. The number of nitrogens with one attached hydrogen (secondary N) is 1. The Morgan fingerprint density at radius 3 is 2.58 bits per heavy atom. The van der Waals surface area contributed by atoms with Crippen LogP contribution in [0.2, 0.25) is 0 Å². The number of carbonyl (C=O) groups is 1. The normalized spacial score (nSPS) is 10.9. The topological polar surface area (TPSA) is 64.0 Å². The first-order chi connectivity index (χ1) is 8.39. The Morgan fingerprint density at radius 1 is 1.32 bits per heavy atom. The molecule has 5 nitrogen and oxygen atoms in total. The summed E-state index contributed by atoms with van der Waals surface area (Å²) in [6.45, 7) is 5.30. The maximum Gasteiger partial charge on any atom is 1.00 e. The van der Waals surface area contributed by atoms with Gasteiger partial charge in [0.05, 0.1) is 0 Å². The molecule has 1 aromatic carbocycles. The van der Waals surface area contributed by atoms with Crippen LogP contribution in [0.3, 0.4) is 0 Å². The molecule has 0 aliphatic rings. The minimum atomic E-state index is -0.584. The second-order valence-corrected chi connectivity index (χ2v) is 5.06. The van der Waals surface area contributed by atoms with E-state index >= 15 is 0 Å². The van der Waals surface area contributed by atoms with E-state index in [1.807, 2.05) is 0 Å². The zero-order chi connectivity index (χ0) is 13.3. The molecule has 1 amide bonds. The molecule has 0 fully saturated rings. The van der Waals surface area contributed by atoms with Gasteiger partial charge in [0.2, 0.25) is 5.91 Å². The second-order valence-electron chi connectivity index (χ2n) is 5.06. The molecule has 0 bridgehead atoms. The predicted octanol–water partition coefficient (Wildman–Crippen LogP) is -1.68. The Labute approximate surface area is 123 Å². The third-order valence-electron chi connectivity index (χ3n) is 2.50. The molecule has 2 aromatic rings. The molecule has 0 unspecified atom stereocenters. The Morgan fingerprint density at radius 2 is 1.95 bits per heavy atom. The van der Waals surface area contributed by atoms with Crippen LogP contribution in [0.5, 0.6) is 0 Å². The van der Waals surface area contributed by atoms with Gasteiger partial charge in [-0.25, -0.2) is 0 Å². The van der Waals surface area contributed by atoms with E-state index in [0.717, 1.165) is 4.68 Å². The van der Waals surface area contributed by atoms with Gasteiger partial charge in [-0.3, -0.25) is 10.2 Å². The molecule has 19 heavy (non-hydrogen) atoms. The smallest absolute Gasteiger partial charge is 0.366 e. The number of fused-ring (bicyclic) bond motifs is 1. The van der Waals surface area contributed by atoms with E-state index in [0.29, 0.717) is 10.9 Å². The average molecular weight is 251 g/mol. The third-order valence-corrected chi connectivity index (χ3v) is 2.50. The quantitative estimate of drug-likeness (QED) is 0.486. The molecule has 0 aliphatic carbocycles. The molecular weight excluding hydrogens is 237 g/mol. The number of hydrogen-bond donors (Lipinski definition) is 1. The first kappa shape index (κ1) is 15.5. The molecule has 0 saturated carbocycles. The summed E-state index contributed by atoms with van der Waals surface area (Å²) in [7, 11) is 0. The molecule has 0 spiro atoms. The minimum absolute atomic E-state index is 0. The largest absolute Gasteiger partial charge is 1.00 e. The van der Waals surface area contributed by atoms with Gasteiger partial charge in [0.15, 0.2) is 5.56 Å². The fourth-order valence-electron chi connectivity index (χ4n) is 1.37. The van der Waals surface area contributed by atoms with Crippen molar-refractivity contribution in [3.63, 3.8) is 0 Å². The van der Waals surface area contributed by atoms with E-state index in [9.17, 15) is 9.59 Å². The van der Waals surface area contributed by atoms with Crippen molar-refractivity contribution in [3.05, 3.63) is 40.9 Å². The average Bonchev–Trinajstić information content (AvgIpc) is 2.32. The van der Waals surface area contributed by atoms with Crippen molar-refractivity contribution < 1.29 is 23.7 Å². The van der Waals surface area contributed by atoms with Crippen LogP contribution in [0.15, 0.2) is 29.1 Å². The SMILES string of the molecule is CC(C)(C)C(=O)Nn1[c-]nc2ccccc2c1=O.[Li+]. The number of carbonyl (C=O) groups excluding carboxylic acids is 1. The van der Waals surface area contributed by atoms with Crippen LogP contribution in [0, 0.1) is 11.7 Å². The van der Waals surface area contributed by atoms with Crippen molar-refractivity contribution in [1.29, 1.82) is 0 Å². The summed E-state index contributed by atoms with van der Waals surface area (Å²) < 4.78 is 0.996. The maximum atomic E-state index is 12.1. The third kappa shape index (κ3) is 3.25. The van der Waals surface area contributed by atoms with Gasteiger partial charge >= 0.3 is 18.9 Å². The number of amides is 1. The van der Waals surface area contributed by atoms with Gasteiger partial charge in [-0.05, 0) is 10.9 Å². The van der Waals surface area contributed by atoms with E-state index in [1.54, 1.807) is 45.0 Å². The molecule has 6 heteroatoms. The van der Waals surface area contributed by atoms with Crippen molar-refractivity contribution in [2.24, 2.45) is 5.41 Å². The molecule has 1 aromatic heterocycles. The molecule has 1 heterocycles. The van der Waals surface area contributed by atoms with Crippen molar-refractivity contribution >= 4 is 16.8 Å². The number of para-hydroxylation sites is 1. The Balaban J connectivity index is 0.00000180. The zero-order valence-electron chi connectivity index (χ0n) is 11.5. The van der Waals surface area contributed by atoms with Crippen LogP contribution in [0.4, 0.5) is 0 Å². The first-order valence-corrected chi connectivity index (χ1v) is 5.60. The summed E-state index contributed by atoms with van der Waals surface area (Å²) in [4.78, 5) is 27.9. The molecule has 2 rings (SSSR count). The van der Waals surface area contributed by atoms with Gasteiger partial charge in [-0.1, -0.05) is 45.0 Å².